The molecular formula is C9H6N2O2Se. The first-order chi connectivity index (χ1) is 6.77. The molecule has 2 rings (SSSR count). The predicted octanol–water partition coefficient (Wildman–Crippen LogP) is 1.71. The number of benzene rings is 1. The van der Waals surface area contributed by atoms with Crippen LogP contribution in [0.15, 0.2) is 34.3 Å². The van der Waals surface area contributed by atoms with Crippen LogP contribution < -0.4 is 0 Å². The van der Waals surface area contributed by atoms with E-state index in [4.69, 9.17) is 0 Å². The van der Waals surface area contributed by atoms with Crippen LogP contribution in [0, 0.1) is 10.1 Å². The van der Waals surface area contributed by atoms with Gasteiger partial charge in [-0.3, -0.25) is 0 Å². The first-order valence-electron chi connectivity index (χ1n) is 3.90. The molecule has 0 saturated carbocycles. The second kappa shape index (κ2) is 3.74. The summed E-state index contributed by atoms with van der Waals surface area (Å²) in [5.74, 6) is 0. The quantitative estimate of drug-likeness (QED) is 0.465. The van der Waals surface area contributed by atoms with Crippen LogP contribution >= 0.6 is 0 Å². The van der Waals surface area contributed by atoms with Crippen molar-refractivity contribution in [1.82, 2.24) is 4.98 Å². The number of nitro groups is 1. The van der Waals surface area contributed by atoms with Crippen molar-refractivity contribution in [3.05, 3.63) is 44.4 Å². The Balaban J connectivity index is 2.36. The maximum absolute atomic E-state index is 10.4. The van der Waals surface area contributed by atoms with Gasteiger partial charge in [-0.2, -0.15) is 0 Å². The number of nitro benzene ring substituents is 1. The van der Waals surface area contributed by atoms with Gasteiger partial charge in [0.2, 0.25) is 0 Å². The number of non-ortho nitro benzene ring substituents is 1. The zero-order valence-electron chi connectivity index (χ0n) is 7.08. The minimum atomic E-state index is -0.403. The van der Waals surface area contributed by atoms with Crippen LogP contribution in [0.1, 0.15) is 0 Å². The van der Waals surface area contributed by atoms with Gasteiger partial charge >= 0.3 is 85.7 Å². The Hall–Kier alpha value is -1.45. The molecule has 0 bridgehead atoms. The Labute approximate surface area is 86.1 Å². The molecule has 0 fully saturated rings. The van der Waals surface area contributed by atoms with Crippen LogP contribution in [0.25, 0.3) is 11.3 Å². The zero-order chi connectivity index (χ0) is 9.97. The van der Waals surface area contributed by atoms with Crippen LogP contribution in [0.4, 0.5) is 5.69 Å². The molecule has 4 nitrogen and oxygen atoms in total. The van der Waals surface area contributed by atoms with E-state index in [0.29, 0.717) is 14.5 Å². The summed E-state index contributed by atoms with van der Waals surface area (Å²) >= 11 is 0.344. The molecule has 0 N–H and O–H groups in total. The van der Waals surface area contributed by atoms with Crippen molar-refractivity contribution in [1.29, 1.82) is 0 Å². The molecule has 0 aliphatic heterocycles. The van der Waals surface area contributed by atoms with E-state index < -0.39 is 4.92 Å². The van der Waals surface area contributed by atoms with Gasteiger partial charge < -0.3 is 0 Å². The van der Waals surface area contributed by atoms with Gasteiger partial charge in [-0.1, -0.05) is 0 Å². The summed E-state index contributed by atoms with van der Waals surface area (Å²) in [7, 11) is 0. The number of hydrogen-bond donors (Lipinski definition) is 0. The van der Waals surface area contributed by atoms with E-state index in [0.717, 1.165) is 11.3 Å². The van der Waals surface area contributed by atoms with Gasteiger partial charge in [-0.05, 0) is 0 Å². The van der Waals surface area contributed by atoms with E-state index in [1.165, 1.54) is 12.1 Å². The van der Waals surface area contributed by atoms with Crippen LogP contribution in [0.2, 0.25) is 0 Å². The van der Waals surface area contributed by atoms with E-state index in [-0.39, 0.29) is 5.69 Å². The van der Waals surface area contributed by atoms with E-state index in [2.05, 4.69) is 4.98 Å². The van der Waals surface area contributed by atoms with Crippen LogP contribution in [-0.4, -0.2) is 24.4 Å². The molecule has 0 atom stereocenters. The third kappa shape index (κ3) is 1.73. The Kier molecular flexibility index (Phi) is 2.43. The second-order valence-corrected chi connectivity index (χ2v) is 4.19. The molecule has 1 aromatic carbocycles. The molecule has 5 heteroatoms. The molecular weight excluding hydrogens is 247 g/mol. The first kappa shape index (κ1) is 9.12. The summed E-state index contributed by atoms with van der Waals surface area (Å²) < 4.78 is 0. The fourth-order valence-corrected chi connectivity index (χ4v) is 2.29. The van der Waals surface area contributed by atoms with Gasteiger partial charge in [0.25, 0.3) is 0 Å². The van der Waals surface area contributed by atoms with Crippen LogP contribution in [-0.2, 0) is 0 Å². The van der Waals surface area contributed by atoms with Crippen molar-refractivity contribution < 1.29 is 4.92 Å². The second-order valence-electron chi connectivity index (χ2n) is 2.68. The number of hydrogen-bond acceptors (Lipinski definition) is 3. The fourth-order valence-electron chi connectivity index (χ4n) is 1.11. The monoisotopic (exact) mass is 254 g/mol. The van der Waals surface area contributed by atoms with Crippen molar-refractivity contribution in [2.24, 2.45) is 0 Å². The van der Waals surface area contributed by atoms with Crippen molar-refractivity contribution in [2.45, 2.75) is 0 Å². The third-order valence-electron chi connectivity index (χ3n) is 1.81. The fraction of sp³-hybridized carbons (Fsp3) is 0. The predicted molar refractivity (Wildman–Crippen MR) is 53.3 cm³/mol. The molecule has 2 aromatic rings. The minimum absolute atomic E-state index is 0.113. The Morgan fingerprint density at radius 2 is 2.00 bits per heavy atom. The normalized spacial score (nSPS) is 10.0. The summed E-state index contributed by atoms with van der Waals surface area (Å²) in [6, 6.07) is 6.44. The average Bonchev–Trinajstić information content (AvgIpc) is 2.71. The van der Waals surface area contributed by atoms with Gasteiger partial charge in [0.05, 0.1) is 0 Å². The van der Waals surface area contributed by atoms with Gasteiger partial charge in [0, 0.05) is 0 Å². The Morgan fingerprint density at radius 1 is 1.29 bits per heavy atom. The Morgan fingerprint density at radius 3 is 2.50 bits per heavy atom. The standard InChI is InChI=1S/C9H6N2O2Se/c12-11(13)8-3-1-7(2-4-8)9-5-14-6-10-9/h1-6H. The molecule has 0 aliphatic rings. The number of nitrogens with zero attached hydrogens (tertiary/aromatic N) is 2. The van der Waals surface area contributed by atoms with Crippen molar-refractivity contribution in [2.75, 3.05) is 0 Å². The molecule has 0 saturated heterocycles. The summed E-state index contributed by atoms with van der Waals surface area (Å²) in [6.07, 6.45) is 0. The van der Waals surface area contributed by atoms with Crippen LogP contribution in [0.5, 0.6) is 0 Å². The van der Waals surface area contributed by atoms with Gasteiger partial charge in [0.15, 0.2) is 0 Å². The zero-order valence-corrected chi connectivity index (χ0v) is 8.80. The average molecular weight is 253 g/mol. The molecule has 70 valence electrons. The van der Waals surface area contributed by atoms with E-state index in [1.807, 2.05) is 10.0 Å². The molecule has 0 spiro atoms. The van der Waals surface area contributed by atoms with Gasteiger partial charge in [-0.25, -0.2) is 0 Å². The molecule has 0 amide bonds. The van der Waals surface area contributed by atoms with Crippen molar-refractivity contribution >= 4 is 20.2 Å². The summed E-state index contributed by atoms with van der Waals surface area (Å²) in [5.41, 5.74) is 1.97. The van der Waals surface area contributed by atoms with Crippen molar-refractivity contribution in [3.63, 3.8) is 0 Å². The van der Waals surface area contributed by atoms with E-state index in [1.54, 1.807) is 12.1 Å². The van der Waals surface area contributed by atoms with E-state index in [9.17, 15) is 10.1 Å². The molecule has 14 heavy (non-hydrogen) atoms. The van der Waals surface area contributed by atoms with E-state index >= 15 is 0 Å². The maximum atomic E-state index is 10.4. The summed E-state index contributed by atoms with van der Waals surface area (Å²) in [4.78, 5) is 16.2. The van der Waals surface area contributed by atoms with Gasteiger partial charge in [0.1, 0.15) is 0 Å². The number of aromatic nitrogens is 1. The summed E-state index contributed by atoms with van der Waals surface area (Å²) in [5, 5.41) is 12.3. The van der Waals surface area contributed by atoms with Gasteiger partial charge in [-0.15, -0.1) is 0 Å². The van der Waals surface area contributed by atoms with Crippen LogP contribution in [0.3, 0.4) is 0 Å². The number of rotatable bonds is 2. The third-order valence-corrected chi connectivity index (χ3v) is 3.04. The SMILES string of the molecule is O=[N+]([O-])c1ccc(-c2c[se]cn2)cc1. The molecule has 1 heterocycles. The summed E-state index contributed by atoms with van der Waals surface area (Å²) in [6.45, 7) is 0. The Bertz CT molecular complexity index is 436. The first-order valence-corrected chi connectivity index (χ1v) is 5.88. The van der Waals surface area contributed by atoms with Crippen molar-refractivity contribution in [3.8, 4) is 11.3 Å². The molecule has 1 aromatic heterocycles. The topological polar surface area (TPSA) is 56.0 Å². The molecule has 0 radical (unpaired) electrons. The molecule has 0 unspecified atom stereocenters. The molecule has 0 aliphatic carbocycles.